The van der Waals surface area contributed by atoms with Crippen LogP contribution in [0.4, 0.5) is 0 Å². The van der Waals surface area contributed by atoms with Crippen LogP contribution in [0.25, 0.3) is 0 Å². The quantitative estimate of drug-likeness (QED) is 0.575. The van der Waals surface area contributed by atoms with Crippen molar-refractivity contribution in [3.8, 4) is 0 Å². The van der Waals surface area contributed by atoms with Gasteiger partial charge in [-0.3, -0.25) is 0 Å². The molecular formula is C7H14O. The van der Waals surface area contributed by atoms with Gasteiger partial charge in [0.05, 0.1) is 0 Å². The molecule has 0 radical (unpaired) electrons. The van der Waals surface area contributed by atoms with Gasteiger partial charge in [-0.1, -0.05) is 13.8 Å². The fourth-order valence-corrected chi connectivity index (χ4v) is 1.08. The van der Waals surface area contributed by atoms with Gasteiger partial charge in [-0.2, -0.15) is 0 Å². The second-order valence-electron chi connectivity index (χ2n) is 3.18. The second-order valence-corrected chi connectivity index (χ2v) is 3.18. The van der Waals surface area contributed by atoms with Gasteiger partial charge in [0.15, 0.2) is 0 Å². The van der Waals surface area contributed by atoms with Crippen LogP contribution in [0.3, 0.4) is 0 Å². The molecule has 1 nitrogen and oxygen atoms in total. The Morgan fingerprint density at radius 1 is 1.50 bits per heavy atom. The van der Waals surface area contributed by atoms with E-state index in [4.69, 9.17) is 5.11 Å². The Balaban J connectivity index is 2.41. The Bertz CT molecular complexity index is 82.4. The van der Waals surface area contributed by atoms with E-state index in [9.17, 15) is 0 Å². The van der Waals surface area contributed by atoms with Crippen molar-refractivity contribution >= 4 is 0 Å². The summed E-state index contributed by atoms with van der Waals surface area (Å²) in [6.45, 7) is 4.76. The van der Waals surface area contributed by atoms with E-state index in [0.717, 1.165) is 0 Å². The summed E-state index contributed by atoms with van der Waals surface area (Å²) in [5.41, 5.74) is 0.347. The van der Waals surface area contributed by atoms with Crippen LogP contribution in [-0.2, 0) is 0 Å². The first-order valence-electron chi connectivity index (χ1n) is 3.32. The molecule has 1 fully saturated rings. The zero-order valence-electron chi connectivity index (χ0n) is 5.65. The fourth-order valence-electron chi connectivity index (χ4n) is 1.08. The highest BCUT2D eigenvalue weighted by Gasteiger charge is 2.44. The molecule has 1 heteroatoms. The topological polar surface area (TPSA) is 20.2 Å². The first-order valence-corrected chi connectivity index (χ1v) is 3.32. The average Bonchev–Trinajstić information content (AvgIpc) is 2.44. The lowest BCUT2D eigenvalue weighted by atomic mass is 9.94. The summed E-state index contributed by atoms with van der Waals surface area (Å²) in [5, 5.41) is 8.83. The molecule has 0 spiro atoms. The Morgan fingerprint density at radius 3 is 2.00 bits per heavy atom. The summed E-state index contributed by atoms with van der Waals surface area (Å²) < 4.78 is 0. The van der Waals surface area contributed by atoms with E-state index in [1.54, 1.807) is 0 Å². The van der Waals surface area contributed by atoms with Gasteiger partial charge >= 0.3 is 0 Å². The van der Waals surface area contributed by atoms with E-state index in [-0.39, 0.29) is 0 Å². The van der Waals surface area contributed by atoms with Crippen molar-refractivity contribution in [2.45, 2.75) is 26.7 Å². The fraction of sp³-hybridized carbons (Fsp3) is 1.00. The Hall–Kier alpha value is -0.0400. The van der Waals surface area contributed by atoms with Crippen LogP contribution in [0.15, 0.2) is 0 Å². The summed E-state index contributed by atoms with van der Waals surface area (Å²) in [7, 11) is 0. The van der Waals surface area contributed by atoms with Gasteiger partial charge in [-0.15, -0.1) is 0 Å². The normalized spacial score (nSPS) is 24.0. The molecule has 0 aromatic carbocycles. The maximum Gasteiger partial charge on any atom is 0.0489 e. The van der Waals surface area contributed by atoms with Crippen LogP contribution in [0.1, 0.15) is 26.7 Å². The molecule has 0 amide bonds. The number of hydrogen-bond donors (Lipinski definition) is 1. The summed E-state index contributed by atoms with van der Waals surface area (Å²) in [5.74, 6) is 0.674. The molecule has 8 heavy (non-hydrogen) atoms. The van der Waals surface area contributed by atoms with Gasteiger partial charge in [0.2, 0.25) is 0 Å². The number of aliphatic hydroxyl groups excluding tert-OH is 1. The van der Waals surface area contributed by atoms with Gasteiger partial charge < -0.3 is 5.11 Å². The molecule has 0 unspecified atom stereocenters. The van der Waals surface area contributed by atoms with Crippen molar-refractivity contribution in [2.75, 3.05) is 6.61 Å². The molecule has 0 aromatic rings. The molecule has 0 atom stereocenters. The molecule has 1 N–H and O–H groups in total. The standard InChI is InChI=1S/C7H14O/c1-6(2)7(5-8)3-4-7/h6,8H,3-5H2,1-2H3. The van der Waals surface area contributed by atoms with E-state index in [0.29, 0.717) is 17.9 Å². The number of rotatable bonds is 2. The third kappa shape index (κ3) is 0.752. The van der Waals surface area contributed by atoms with Crippen molar-refractivity contribution in [1.29, 1.82) is 0 Å². The maximum atomic E-state index is 8.83. The average molecular weight is 114 g/mol. The molecular weight excluding hydrogens is 100 g/mol. The predicted octanol–water partition coefficient (Wildman–Crippen LogP) is 1.41. The van der Waals surface area contributed by atoms with Crippen molar-refractivity contribution in [2.24, 2.45) is 11.3 Å². The van der Waals surface area contributed by atoms with E-state index in [1.165, 1.54) is 12.8 Å². The van der Waals surface area contributed by atoms with Crippen molar-refractivity contribution in [3.05, 3.63) is 0 Å². The molecule has 0 heterocycles. The highest BCUT2D eigenvalue weighted by molar-refractivity contribution is 4.94. The minimum atomic E-state index is 0.347. The van der Waals surface area contributed by atoms with Crippen LogP contribution < -0.4 is 0 Å². The second kappa shape index (κ2) is 1.73. The zero-order valence-corrected chi connectivity index (χ0v) is 5.65. The highest BCUT2D eigenvalue weighted by Crippen LogP contribution is 2.51. The lowest BCUT2D eigenvalue weighted by molar-refractivity contribution is 0.171. The zero-order chi connectivity index (χ0) is 6.20. The lowest BCUT2D eigenvalue weighted by Gasteiger charge is -2.14. The summed E-state index contributed by atoms with van der Waals surface area (Å²) in [4.78, 5) is 0. The minimum Gasteiger partial charge on any atom is -0.396 e. The van der Waals surface area contributed by atoms with Gasteiger partial charge in [0.25, 0.3) is 0 Å². The monoisotopic (exact) mass is 114 g/mol. The lowest BCUT2D eigenvalue weighted by Crippen LogP contribution is -2.13. The van der Waals surface area contributed by atoms with Gasteiger partial charge in [-0.25, -0.2) is 0 Å². The van der Waals surface area contributed by atoms with Crippen molar-refractivity contribution in [1.82, 2.24) is 0 Å². The van der Waals surface area contributed by atoms with E-state index in [1.807, 2.05) is 0 Å². The third-order valence-electron chi connectivity index (χ3n) is 2.43. The Kier molecular flexibility index (Phi) is 1.31. The molecule has 1 rings (SSSR count). The molecule has 1 aliphatic carbocycles. The van der Waals surface area contributed by atoms with Crippen molar-refractivity contribution in [3.63, 3.8) is 0 Å². The summed E-state index contributed by atoms with van der Waals surface area (Å²) in [6.07, 6.45) is 2.47. The molecule has 48 valence electrons. The van der Waals surface area contributed by atoms with Crippen LogP contribution in [0, 0.1) is 11.3 Å². The highest BCUT2D eigenvalue weighted by atomic mass is 16.3. The van der Waals surface area contributed by atoms with Gasteiger partial charge in [0, 0.05) is 6.61 Å². The minimum absolute atomic E-state index is 0.347. The summed E-state index contributed by atoms with van der Waals surface area (Å²) in [6, 6.07) is 0. The Labute approximate surface area is 50.7 Å². The predicted molar refractivity (Wildman–Crippen MR) is 33.6 cm³/mol. The van der Waals surface area contributed by atoms with E-state index in [2.05, 4.69) is 13.8 Å². The molecule has 0 saturated heterocycles. The molecule has 0 aliphatic heterocycles. The Morgan fingerprint density at radius 2 is 2.00 bits per heavy atom. The molecule has 1 saturated carbocycles. The first-order chi connectivity index (χ1) is 3.71. The van der Waals surface area contributed by atoms with Gasteiger partial charge in [-0.05, 0) is 24.2 Å². The SMILES string of the molecule is CC(C)C1(CO)CC1. The van der Waals surface area contributed by atoms with Gasteiger partial charge in [0.1, 0.15) is 0 Å². The van der Waals surface area contributed by atoms with Crippen LogP contribution in [-0.4, -0.2) is 11.7 Å². The third-order valence-corrected chi connectivity index (χ3v) is 2.43. The maximum absolute atomic E-state index is 8.83. The van der Waals surface area contributed by atoms with Crippen LogP contribution in [0.2, 0.25) is 0 Å². The summed E-state index contributed by atoms with van der Waals surface area (Å²) >= 11 is 0. The van der Waals surface area contributed by atoms with Crippen LogP contribution in [0.5, 0.6) is 0 Å². The molecule has 0 aromatic heterocycles. The van der Waals surface area contributed by atoms with E-state index >= 15 is 0 Å². The molecule has 0 bridgehead atoms. The number of hydrogen-bond acceptors (Lipinski definition) is 1. The largest absolute Gasteiger partial charge is 0.396 e. The molecule has 1 aliphatic rings. The van der Waals surface area contributed by atoms with Crippen molar-refractivity contribution < 1.29 is 5.11 Å². The smallest absolute Gasteiger partial charge is 0.0489 e. The number of aliphatic hydroxyl groups is 1. The van der Waals surface area contributed by atoms with Crippen LogP contribution >= 0.6 is 0 Å². The first kappa shape index (κ1) is 6.09. The van der Waals surface area contributed by atoms with E-state index < -0.39 is 0 Å².